The monoisotopic (exact) mass is 406 g/mol. The van der Waals surface area contributed by atoms with Crippen LogP contribution >= 0.6 is 0 Å². The first-order valence-corrected chi connectivity index (χ1v) is 9.31. The minimum atomic E-state index is -0.624. The minimum Gasteiger partial charge on any atom is -0.454 e. The number of ether oxygens (including phenoxy) is 1. The van der Waals surface area contributed by atoms with Crippen molar-refractivity contribution in [1.29, 1.82) is 0 Å². The third-order valence-electron chi connectivity index (χ3n) is 4.77. The molecule has 0 radical (unpaired) electrons. The van der Waals surface area contributed by atoms with Gasteiger partial charge in [-0.2, -0.15) is 0 Å². The Labute approximate surface area is 172 Å². The Kier molecular flexibility index (Phi) is 5.14. The maximum absolute atomic E-state index is 13.1. The molecule has 152 valence electrons. The number of halogens is 1. The van der Waals surface area contributed by atoms with Crippen LogP contribution in [0.2, 0.25) is 0 Å². The van der Waals surface area contributed by atoms with Crippen LogP contribution in [0.15, 0.2) is 52.9 Å². The Morgan fingerprint density at radius 3 is 2.57 bits per heavy atom. The topological polar surface area (TPSA) is 83.0 Å². The number of hydrogen-bond donors (Lipinski definition) is 0. The van der Waals surface area contributed by atoms with Crippen molar-refractivity contribution < 1.29 is 18.3 Å². The van der Waals surface area contributed by atoms with E-state index in [9.17, 15) is 9.18 Å². The van der Waals surface area contributed by atoms with Crippen molar-refractivity contribution in [3.63, 3.8) is 0 Å². The molecule has 0 saturated carbocycles. The van der Waals surface area contributed by atoms with Crippen LogP contribution in [0, 0.1) is 26.6 Å². The lowest BCUT2D eigenvalue weighted by molar-refractivity contribution is 0.0459. The van der Waals surface area contributed by atoms with Gasteiger partial charge in [-0.25, -0.2) is 18.9 Å². The molecule has 7 nitrogen and oxygen atoms in total. The van der Waals surface area contributed by atoms with Crippen molar-refractivity contribution in [2.75, 3.05) is 0 Å². The van der Waals surface area contributed by atoms with E-state index in [4.69, 9.17) is 9.15 Å². The lowest BCUT2D eigenvalue weighted by atomic mass is 10.1. The van der Waals surface area contributed by atoms with Gasteiger partial charge in [0.25, 0.3) is 0 Å². The van der Waals surface area contributed by atoms with Gasteiger partial charge in [0, 0.05) is 5.56 Å². The van der Waals surface area contributed by atoms with Gasteiger partial charge in [0.2, 0.25) is 5.89 Å². The lowest BCUT2D eigenvalue weighted by Gasteiger charge is -2.04. The molecule has 4 rings (SSSR count). The molecular formula is C22H19FN4O3. The largest absolute Gasteiger partial charge is 0.454 e. The molecule has 0 amide bonds. The number of aryl methyl sites for hydroxylation is 2. The first-order chi connectivity index (χ1) is 14.4. The van der Waals surface area contributed by atoms with Crippen LogP contribution in [-0.4, -0.2) is 25.9 Å². The van der Waals surface area contributed by atoms with E-state index in [0.717, 1.165) is 11.1 Å². The van der Waals surface area contributed by atoms with Gasteiger partial charge in [-0.05, 0) is 56.7 Å². The Bertz CT molecular complexity index is 1210. The van der Waals surface area contributed by atoms with E-state index in [1.165, 1.54) is 16.8 Å². The normalized spacial score (nSPS) is 10.9. The third kappa shape index (κ3) is 3.71. The number of rotatable bonds is 5. The smallest absolute Gasteiger partial charge is 0.361 e. The molecule has 30 heavy (non-hydrogen) atoms. The van der Waals surface area contributed by atoms with Gasteiger partial charge >= 0.3 is 5.97 Å². The highest BCUT2D eigenvalue weighted by atomic mass is 19.1. The summed E-state index contributed by atoms with van der Waals surface area (Å²) in [4.78, 5) is 17.0. The maximum Gasteiger partial charge on any atom is 0.361 e. The zero-order chi connectivity index (χ0) is 21.3. The summed E-state index contributed by atoms with van der Waals surface area (Å²) in [6, 6.07) is 13.5. The second-order valence-corrected chi connectivity index (χ2v) is 6.82. The van der Waals surface area contributed by atoms with Crippen LogP contribution < -0.4 is 0 Å². The van der Waals surface area contributed by atoms with E-state index in [2.05, 4.69) is 15.3 Å². The summed E-state index contributed by atoms with van der Waals surface area (Å²) >= 11 is 0. The van der Waals surface area contributed by atoms with Gasteiger partial charge in [0.15, 0.2) is 5.69 Å². The molecule has 0 atom stereocenters. The summed E-state index contributed by atoms with van der Waals surface area (Å²) in [5, 5.41) is 7.89. The van der Waals surface area contributed by atoms with E-state index in [-0.39, 0.29) is 18.1 Å². The molecule has 0 aliphatic heterocycles. The Morgan fingerprint density at radius 2 is 1.83 bits per heavy atom. The number of carbonyl (C=O) groups excluding carboxylic acids is 1. The number of esters is 1. The van der Waals surface area contributed by atoms with E-state index >= 15 is 0 Å². The molecule has 0 bridgehead atoms. The Hall–Kier alpha value is -3.81. The predicted octanol–water partition coefficient (Wildman–Crippen LogP) is 4.34. The molecule has 0 aliphatic carbocycles. The first kappa shape index (κ1) is 19.5. The molecule has 0 fully saturated rings. The van der Waals surface area contributed by atoms with Gasteiger partial charge in [-0.3, -0.25) is 0 Å². The quantitative estimate of drug-likeness (QED) is 0.459. The van der Waals surface area contributed by atoms with Gasteiger partial charge < -0.3 is 9.15 Å². The van der Waals surface area contributed by atoms with Crippen molar-refractivity contribution in [1.82, 2.24) is 20.0 Å². The highest BCUT2D eigenvalue weighted by molar-refractivity contribution is 5.88. The molecule has 0 spiro atoms. The summed E-state index contributed by atoms with van der Waals surface area (Å²) in [7, 11) is 0. The molecule has 8 heteroatoms. The number of carbonyl (C=O) groups is 1. The third-order valence-corrected chi connectivity index (χ3v) is 4.77. The highest BCUT2D eigenvalue weighted by Gasteiger charge is 2.21. The van der Waals surface area contributed by atoms with Gasteiger partial charge in [-0.15, -0.1) is 5.10 Å². The predicted molar refractivity (Wildman–Crippen MR) is 107 cm³/mol. The molecule has 0 unspecified atom stereocenters. The molecule has 0 N–H and O–H groups in total. The maximum atomic E-state index is 13.1. The summed E-state index contributed by atoms with van der Waals surface area (Å²) in [5.41, 5.74) is 3.62. The molecule has 2 heterocycles. The minimum absolute atomic E-state index is 0.0527. The number of hydrogen-bond acceptors (Lipinski definition) is 6. The lowest BCUT2D eigenvalue weighted by Crippen LogP contribution is -2.09. The standard InChI is InChI=1S/C22H19FN4O3/c1-13-6-4-5-7-18(13)21-24-19(15(3)30-21)12-29-22(28)20-14(2)27(26-25-20)17-10-8-16(23)9-11-17/h4-11H,12H2,1-3H3. The van der Waals surface area contributed by atoms with Crippen molar-refractivity contribution in [3.8, 4) is 17.1 Å². The van der Waals surface area contributed by atoms with Crippen LogP contribution in [0.3, 0.4) is 0 Å². The average Bonchev–Trinajstić information content (AvgIpc) is 3.30. The van der Waals surface area contributed by atoms with E-state index < -0.39 is 5.97 Å². The second kappa shape index (κ2) is 7.90. The SMILES string of the molecule is Cc1ccccc1-c1nc(COC(=O)c2nnn(-c3ccc(F)cc3)c2C)c(C)o1. The Balaban J connectivity index is 1.49. The fourth-order valence-electron chi connectivity index (χ4n) is 3.04. The first-order valence-electron chi connectivity index (χ1n) is 9.31. The van der Waals surface area contributed by atoms with Gasteiger partial charge in [0.1, 0.15) is 23.9 Å². The number of oxazole rings is 1. The van der Waals surface area contributed by atoms with E-state index in [1.54, 1.807) is 26.0 Å². The zero-order valence-electron chi connectivity index (χ0n) is 16.7. The summed E-state index contributed by atoms with van der Waals surface area (Å²) in [5.74, 6) is 0.0766. The number of aromatic nitrogens is 4. The number of nitrogens with zero attached hydrogens (tertiary/aromatic N) is 4. The van der Waals surface area contributed by atoms with Gasteiger partial charge in [0.05, 0.1) is 11.4 Å². The Morgan fingerprint density at radius 1 is 1.10 bits per heavy atom. The fraction of sp³-hybridized carbons (Fsp3) is 0.182. The molecule has 4 aromatic rings. The van der Waals surface area contributed by atoms with E-state index in [1.807, 2.05) is 31.2 Å². The van der Waals surface area contributed by atoms with Crippen molar-refractivity contribution in [2.45, 2.75) is 27.4 Å². The van der Waals surface area contributed by atoms with Crippen LogP contribution in [0.1, 0.15) is 33.2 Å². The van der Waals surface area contributed by atoms with Crippen LogP contribution in [0.5, 0.6) is 0 Å². The molecule has 0 aliphatic rings. The van der Waals surface area contributed by atoms with Crippen LogP contribution in [0.25, 0.3) is 17.1 Å². The van der Waals surface area contributed by atoms with Gasteiger partial charge in [-0.1, -0.05) is 23.4 Å². The average molecular weight is 406 g/mol. The summed E-state index contributed by atoms with van der Waals surface area (Å²) < 4.78 is 25.7. The second-order valence-electron chi connectivity index (χ2n) is 6.82. The molecule has 2 aromatic heterocycles. The van der Waals surface area contributed by atoms with E-state index in [0.29, 0.717) is 28.7 Å². The van der Waals surface area contributed by atoms with Crippen molar-refractivity contribution in [3.05, 3.63) is 82.8 Å². The zero-order valence-corrected chi connectivity index (χ0v) is 16.7. The van der Waals surface area contributed by atoms with Crippen LogP contribution in [-0.2, 0) is 11.3 Å². The molecule has 0 saturated heterocycles. The van der Waals surface area contributed by atoms with Crippen LogP contribution in [0.4, 0.5) is 4.39 Å². The fourth-order valence-corrected chi connectivity index (χ4v) is 3.04. The molecule has 2 aromatic carbocycles. The van der Waals surface area contributed by atoms with Crippen molar-refractivity contribution >= 4 is 5.97 Å². The van der Waals surface area contributed by atoms with Crippen molar-refractivity contribution in [2.24, 2.45) is 0 Å². The highest BCUT2D eigenvalue weighted by Crippen LogP contribution is 2.25. The summed E-state index contributed by atoms with van der Waals surface area (Å²) in [6.45, 7) is 5.39. The molecular weight excluding hydrogens is 387 g/mol. The number of benzene rings is 2. The summed E-state index contributed by atoms with van der Waals surface area (Å²) in [6.07, 6.45) is 0.